The number of rotatable bonds is 45. The number of unbranched alkanes of at least 4 members (excludes halogenated alkanes) is 29. The first-order valence-electron chi connectivity index (χ1n) is 25.3. The molecule has 0 spiro atoms. The third-order valence-corrected chi connectivity index (χ3v) is 11.8. The van der Waals surface area contributed by atoms with Gasteiger partial charge >= 0.3 is 17.9 Å². The highest BCUT2D eigenvalue weighted by Crippen LogP contribution is 2.18. The molecule has 0 radical (unpaired) electrons. The molecule has 0 aromatic carbocycles. The zero-order valence-electron chi connectivity index (χ0n) is 39.0. The van der Waals surface area contributed by atoms with Gasteiger partial charge in [0.1, 0.15) is 13.2 Å². The van der Waals surface area contributed by atoms with Crippen LogP contribution in [0.5, 0.6) is 0 Å². The Morgan fingerprint density at radius 3 is 1.00 bits per heavy atom. The van der Waals surface area contributed by atoms with Crippen LogP contribution in [0.3, 0.4) is 0 Å². The average molecular weight is 807 g/mol. The van der Waals surface area contributed by atoms with Crippen LogP contribution >= 0.6 is 0 Å². The highest BCUT2D eigenvalue weighted by molar-refractivity contribution is 5.71. The molecule has 0 rings (SSSR count). The van der Waals surface area contributed by atoms with E-state index < -0.39 is 6.10 Å². The lowest BCUT2D eigenvalue weighted by atomic mass is 9.99. The van der Waals surface area contributed by atoms with E-state index >= 15 is 0 Å². The second kappa shape index (κ2) is 44.0. The molecule has 0 aromatic rings. The minimum absolute atomic E-state index is 0.0651. The number of esters is 3. The molecule has 0 aliphatic heterocycles. The summed E-state index contributed by atoms with van der Waals surface area (Å²) in [6, 6.07) is 0. The third kappa shape index (κ3) is 43.8. The SMILES string of the molecule is CCCCCCCCCC(=O)OC[C@H](COC(=O)CCCCCCCCCCCCCCCCCCCCC(C)CC)OC(=O)CCCCCCCCCC(C)C. The van der Waals surface area contributed by atoms with Gasteiger partial charge in [0, 0.05) is 19.3 Å². The fourth-order valence-electron chi connectivity index (χ4n) is 7.60. The Morgan fingerprint density at radius 1 is 0.368 bits per heavy atom. The molecule has 0 aliphatic rings. The normalized spacial score (nSPS) is 12.5. The van der Waals surface area contributed by atoms with E-state index in [1.807, 2.05) is 0 Å². The smallest absolute Gasteiger partial charge is 0.306 e. The van der Waals surface area contributed by atoms with Crippen LogP contribution in [-0.4, -0.2) is 37.2 Å². The van der Waals surface area contributed by atoms with E-state index in [0.717, 1.165) is 69.6 Å². The molecular weight excluding hydrogens is 709 g/mol. The lowest BCUT2D eigenvalue weighted by Crippen LogP contribution is -2.30. The predicted molar refractivity (Wildman–Crippen MR) is 243 cm³/mol. The summed E-state index contributed by atoms with van der Waals surface area (Å²) in [6.45, 7) is 11.3. The van der Waals surface area contributed by atoms with Gasteiger partial charge in [-0.3, -0.25) is 14.4 Å². The van der Waals surface area contributed by atoms with Crippen LogP contribution in [0, 0.1) is 11.8 Å². The molecule has 57 heavy (non-hydrogen) atoms. The van der Waals surface area contributed by atoms with Gasteiger partial charge in [0.2, 0.25) is 0 Å². The molecule has 0 bridgehead atoms. The van der Waals surface area contributed by atoms with Gasteiger partial charge in [0.25, 0.3) is 0 Å². The summed E-state index contributed by atoms with van der Waals surface area (Å²) in [5.74, 6) is 0.827. The highest BCUT2D eigenvalue weighted by Gasteiger charge is 2.19. The molecule has 6 nitrogen and oxygen atoms in total. The number of ether oxygens (including phenoxy) is 3. The van der Waals surface area contributed by atoms with Crippen molar-refractivity contribution in [3.8, 4) is 0 Å². The van der Waals surface area contributed by atoms with Crippen LogP contribution in [-0.2, 0) is 28.6 Å². The molecule has 0 amide bonds. The van der Waals surface area contributed by atoms with E-state index in [4.69, 9.17) is 14.2 Å². The van der Waals surface area contributed by atoms with Gasteiger partial charge in [-0.15, -0.1) is 0 Å². The van der Waals surface area contributed by atoms with Gasteiger partial charge in [0.05, 0.1) is 0 Å². The van der Waals surface area contributed by atoms with Crippen molar-refractivity contribution in [3.05, 3.63) is 0 Å². The van der Waals surface area contributed by atoms with Crippen LogP contribution in [0.25, 0.3) is 0 Å². The lowest BCUT2D eigenvalue weighted by Gasteiger charge is -2.18. The Labute approximate surface area is 355 Å². The molecule has 0 aliphatic carbocycles. The Balaban J connectivity index is 4.08. The zero-order chi connectivity index (χ0) is 41.9. The molecule has 1 unspecified atom stereocenters. The van der Waals surface area contributed by atoms with Crippen molar-refractivity contribution in [2.75, 3.05) is 13.2 Å². The molecule has 338 valence electrons. The van der Waals surface area contributed by atoms with Crippen molar-refractivity contribution >= 4 is 17.9 Å². The minimum atomic E-state index is -0.760. The Bertz CT molecular complexity index is 872. The van der Waals surface area contributed by atoms with Crippen LogP contribution in [0.4, 0.5) is 0 Å². The summed E-state index contributed by atoms with van der Waals surface area (Å²) in [5.41, 5.74) is 0. The van der Waals surface area contributed by atoms with Gasteiger partial charge in [-0.25, -0.2) is 0 Å². The molecular formula is C51H98O6. The number of hydrogen-bond acceptors (Lipinski definition) is 6. The summed E-state index contributed by atoms with van der Waals surface area (Å²) in [5, 5.41) is 0. The van der Waals surface area contributed by atoms with Crippen molar-refractivity contribution in [2.45, 2.75) is 285 Å². The Morgan fingerprint density at radius 2 is 0.667 bits per heavy atom. The maximum atomic E-state index is 12.7. The van der Waals surface area contributed by atoms with Gasteiger partial charge in [-0.05, 0) is 31.1 Å². The van der Waals surface area contributed by atoms with Crippen LogP contribution in [0.15, 0.2) is 0 Å². The van der Waals surface area contributed by atoms with Crippen LogP contribution in [0.2, 0.25) is 0 Å². The monoisotopic (exact) mass is 807 g/mol. The minimum Gasteiger partial charge on any atom is -0.462 e. The Kier molecular flexibility index (Phi) is 42.7. The Hall–Kier alpha value is -1.59. The maximum absolute atomic E-state index is 12.7. The van der Waals surface area contributed by atoms with E-state index in [9.17, 15) is 14.4 Å². The maximum Gasteiger partial charge on any atom is 0.306 e. The van der Waals surface area contributed by atoms with Gasteiger partial charge in [0.15, 0.2) is 6.10 Å². The van der Waals surface area contributed by atoms with Crippen LogP contribution in [0.1, 0.15) is 279 Å². The standard InChI is InChI=1S/C51H98O6/c1-6-8-9-10-24-31-36-41-49(52)55-44-48(57-51(54)43-38-33-28-23-25-29-34-39-46(3)4)45-56-50(53)42-37-32-27-22-20-18-16-14-12-11-13-15-17-19-21-26-30-35-40-47(5)7-2/h46-48H,6-45H2,1-5H3/t47?,48-/m1/s1. The fourth-order valence-corrected chi connectivity index (χ4v) is 7.60. The first-order chi connectivity index (χ1) is 27.8. The molecule has 0 aromatic heterocycles. The van der Waals surface area contributed by atoms with E-state index in [0.29, 0.717) is 19.3 Å². The molecule has 6 heteroatoms. The van der Waals surface area contributed by atoms with Crippen molar-refractivity contribution in [1.29, 1.82) is 0 Å². The van der Waals surface area contributed by atoms with Crippen molar-refractivity contribution in [2.24, 2.45) is 11.8 Å². The molecule has 0 heterocycles. The average Bonchev–Trinajstić information content (AvgIpc) is 3.19. The number of carbonyl (C=O) groups excluding carboxylic acids is 3. The zero-order valence-corrected chi connectivity index (χ0v) is 39.0. The van der Waals surface area contributed by atoms with Gasteiger partial charge in [-0.2, -0.15) is 0 Å². The molecule has 2 atom stereocenters. The van der Waals surface area contributed by atoms with Crippen molar-refractivity contribution in [1.82, 2.24) is 0 Å². The van der Waals surface area contributed by atoms with Crippen LogP contribution < -0.4 is 0 Å². The quantitative estimate of drug-likeness (QED) is 0.0346. The number of carbonyl (C=O) groups is 3. The van der Waals surface area contributed by atoms with Crippen molar-refractivity contribution < 1.29 is 28.6 Å². The fraction of sp³-hybridized carbons (Fsp3) is 0.941. The molecule has 0 saturated heterocycles. The summed E-state index contributed by atoms with van der Waals surface area (Å²) in [4.78, 5) is 37.6. The topological polar surface area (TPSA) is 78.9 Å². The first kappa shape index (κ1) is 55.4. The second-order valence-electron chi connectivity index (χ2n) is 18.2. The predicted octanol–water partition coefficient (Wildman–Crippen LogP) is 16.1. The largest absolute Gasteiger partial charge is 0.462 e. The van der Waals surface area contributed by atoms with E-state index in [2.05, 4.69) is 34.6 Å². The summed E-state index contributed by atoms with van der Waals surface area (Å²) < 4.78 is 16.7. The first-order valence-corrected chi connectivity index (χ1v) is 25.3. The van der Waals surface area contributed by atoms with E-state index in [1.165, 1.54) is 167 Å². The number of hydrogen-bond donors (Lipinski definition) is 0. The molecule has 0 fully saturated rings. The van der Waals surface area contributed by atoms with Gasteiger partial charge < -0.3 is 14.2 Å². The summed E-state index contributed by atoms with van der Waals surface area (Å²) in [6.07, 6.45) is 44.0. The highest BCUT2D eigenvalue weighted by atomic mass is 16.6. The molecule has 0 saturated carbocycles. The van der Waals surface area contributed by atoms with E-state index in [1.54, 1.807) is 0 Å². The second-order valence-corrected chi connectivity index (χ2v) is 18.2. The van der Waals surface area contributed by atoms with Gasteiger partial charge in [-0.1, -0.05) is 240 Å². The summed E-state index contributed by atoms with van der Waals surface area (Å²) >= 11 is 0. The van der Waals surface area contributed by atoms with E-state index in [-0.39, 0.29) is 31.1 Å². The third-order valence-electron chi connectivity index (χ3n) is 11.8. The molecule has 0 N–H and O–H groups in total. The lowest BCUT2D eigenvalue weighted by molar-refractivity contribution is -0.167. The summed E-state index contributed by atoms with van der Waals surface area (Å²) in [7, 11) is 0. The van der Waals surface area contributed by atoms with Crippen molar-refractivity contribution in [3.63, 3.8) is 0 Å².